The highest BCUT2D eigenvalue weighted by molar-refractivity contribution is 9.10. The van der Waals surface area contributed by atoms with Gasteiger partial charge in [0.25, 0.3) is 0 Å². The summed E-state index contributed by atoms with van der Waals surface area (Å²) in [7, 11) is 0. The molecule has 0 amide bonds. The minimum atomic E-state index is -0.430. The summed E-state index contributed by atoms with van der Waals surface area (Å²) in [5.41, 5.74) is 5.75. The zero-order valence-electron chi connectivity index (χ0n) is 10.0. The van der Waals surface area contributed by atoms with Crippen LogP contribution < -0.4 is 15.8 Å². The van der Waals surface area contributed by atoms with E-state index in [-0.39, 0.29) is 23.6 Å². The molecule has 3 N–H and O–H groups in total. The molecule has 0 saturated heterocycles. The molecule has 19 heavy (non-hydrogen) atoms. The fraction of sp³-hybridized carbons (Fsp3) is 0.182. The topological polar surface area (TPSA) is 86.0 Å². The maximum atomic E-state index is 13.6. The molecule has 6 nitrogen and oxygen atoms in total. The molecule has 2 aromatic rings. The number of nitrogens with one attached hydrogen (secondary N) is 1. The molecule has 0 aliphatic carbocycles. The average Bonchev–Trinajstić information content (AvgIpc) is 2.33. The van der Waals surface area contributed by atoms with E-state index in [2.05, 4.69) is 36.2 Å². The summed E-state index contributed by atoms with van der Waals surface area (Å²) in [5.74, 6) is -0.315. The molecule has 0 spiro atoms. The molecule has 0 saturated carbocycles. The highest BCUT2D eigenvalue weighted by Gasteiger charge is 2.08. The molecular formula is C11H11BrFN5O. The number of halogens is 2. The molecular weight excluding hydrogens is 317 g/mol. The first-order valence-electron chi connectivity index (χ1n) is 5.45. The molecule has 8 heteroatoms. The van der Waals surface area contributed by atoms with E-state index >= 15 is 0 Å². The lowest BCUT2D eigenvalue weighted by Gasteiger charge is -2.08. The van der Waals surface area contributed by atoms with Gasteiger partial charge < -0.3 is 15.8 Å². The van der Waals surface area contributed by atoms with Crippen molar-refractivity contribution in [1.29, 1.82) is 0 Å². The van der Waals surface area contributed by atoms with Crippen molar-refractivity contribution in [2.45, 2.75) is 6.92 Å². The van der Waals surface area contributed by atoms with Gasteiger partial charge in [-0.25, -0.2) is 4.39 Å². The zero-order valence-corrected chi connectivity index (χ0v) is 11.6. The van der Waals surface area contributed by atoms with Crippen LogP contribution in [0.2, 0.25) is 0 Å². The highest BCUT2D eigenvalue weighted by atomic mass is 79.9. The number of anilines is 3. The maximum Gasteiger partial charge on any atom is 0.323 e. The standard InChI is InChI=1S/C11H11BrFN5O/c1-2-19-11-17-9(14)16-10(18-11)15-8-5-6(12)3-4-7(8)13/h3-5H,2H2,1H3,(H3,14,15,16,17,18). The number of nitrogen functional groups attached to an aromatic ring is 1. The van der Waals surface area contributed by atoms with E-state index in [1.54, 1.807) is 19.1 Å². The van der Waals surface area contributed by atoms with E-state index in [9.17, 15) is 4.39 Å². The van der Waals surface area contributed by atoms with Gasteiger partial charge in [-0.05, 0) is 25.1 Å². The summed E-state index contributed by atoms with van der Waals surface area (Å²) in [6, 6.07) is 4.57. The van der Waals surface area contributed by atoms with Crippen molar-refractivity contribution in [3.8, 4) is 6.01 Å². The van der Waals surface area contributed by atoms with Crippen LogP contribution >= 0.6 is 15.9 Å². The summed E-state index contributed by atoms with van der Waals surface area (Å²) >= 11 is 3.25. The molecule has 0 radical (unpaired) electrons. The van der Waals surface area contributed by atoms with E-state index < -0.39 is 5.82 Å². The first kappa shape index (κ1) is 13.5. The van der Waals surface area contributed by atoms with E-state index in [0.29, 0.717) is 6.61 Å². The van der Waals surface area contributed by atoms with E-state index in [0.717, 1.165) is 4.47 Å². The van der Waals surface area contributed by atoms with Crippen LogP contribution in [0.25, 0.3) is 0 Å². The zero-order chi connectivity index (χ0) is 13.8. The summed E-state index contributed by atoms with van der Waals surface area (Å²) < 4.78 is 19.4. The van der Waals surface area contributed by atoms with Crippen LogP contribution in [0.4, 0.5) is 22.0 Å². The van der Waals surface area contributed by atoms with Gasteiger partial charge in [0.15, 0.2) is 0 Å². The minimum absolute atomic E-state index is 0.00338. The van der Waals surface area contributed by atoms with Gasteiger partial charge in [-0.2, -0.15) is 15.0 Å². The van der Waals surface area contributed by atoms with E-state index in [1.165, 1.54) is 6.07 Å². The second-order valence-electron chi connectivity index (χ2n) is 3.48. The van der Waals surface area contributed by atoms with Gasteiger partial charge in [-0.3, -0.25) is 0 Å². The highest BCUT2D eigenvalue weighted by Crippen LogP contribution is 2.23. The third-order valence-electron chi connectivity index (χ3n) is 2.08. The second kappa shape index (κ2) is 5.79. The Morgan fingerprint density at radius 2 is 2.16 bits per heavy atom. The normalized spacial score (nSPS) is 10.3. The number of rotatable bonds is 4. The molecule has 100 valence electrons. The maximum absolute atomic E-state index is 13.6. The molecule has 1 heterocycles. The summed E-state index contributed by atoms with van der Waals surface area (Å²) in [6.45, 7) is 2.19. The largest absolute Gasteiger partial charge is 0.464 e. The summed E-state index contributed by atoms with van der Waals surface area (Å²) in [6.07, 6.45) is 0. The smallest absolute Gasteiger partial charge is 0.323 e. The van der Waals surface area contributed by atoms with Crippen LogP contribution in [-0.2, 0) is 0 Å². The number of hydrogen-bond donors (Lipinski definition) is 2. The molecule has 1 aromatic carbocycles. The van der Waals surface area contributed by atoms with Gasteiger partial charge >= 0.3 is 6.01 Å². The monoisotopic (exact) mass is 327 g/mol. The van der Waals surface area contributed by atoms with Crippen molar-refractivity contribution in [3.63, 3.8) is 0 Å². The SMILES string of the molecule is CCOc1nc(N)nc(Nc2cc(Br)ccc2F)n1. The second-order valence-corrected chi connectivity index (χ2v) is 4.40. The molecule has 2 rings (SSSR count). The molecule has 0 unspecified atom stereocenters. The Labute approximate surface area is 117 Å². The first-order chi connectivity index (χ1) is 9.08. The Morgan fingerprint density at radius 1 is 1.37 bits per heavy atom. The summed E-state index contributed by atoms with van der Waals surface area (Å²) in [4.78, 5) is 11.6. The van der Waals surface area contributed by atoms with Crippen molar-refractivity contribution in [3.05, 3.63) is 28.5 Å². The van der Waals surface area contributed by atoms with Crippen LogP contribution in [-0.4, -0.2) is 21.6 Å². The van der Waals surface area contributed by atoms with Crippen LogP contribution in [0.3, 0.4) is 0 Å². The van der Waals surface area contributed by atoms with Gasteiger partial charge in [0.05, 0.1) is 12.3 Å². The Morgan fingerprint density at radius 3 is 2.89 bits per heavy atom. The van der Waals surface area contributed by atoms with Crippen molar-refractivity contribution in [1.82, 2.24) is 15.0 Å². The lowest BCUT2D eigenvalue weighted by Crippen LogP contribution is -2.07. The van der Waals surface area contributed by atoms with Crippen molar-refractivity contribution in [2.24, 2.45) is 0 Å². The number of hydrogen-bond acceptors (Lipinski definition) is 6. The lowest BCUT2D eigenvalue weighted by molar-refractivity contribution is 0.312. The first-order valence-corrected chi connectivity index (χ1v) is 6.24. The lowest BCUT2D eigenvalue weighted by atomic mass is 10.3. The Hall–Kier alpha value is -1.96. The predicted molar refractivity (Wildman–Crippen MR) is 72.8 cm³/mol. The fourth-order valence-electron chi connectivity index (χ4n) is 1.34. The molecule has 0 aliphatic rings. The molecule has 0 aliphatic heterocycles. The molecule has 0 bridgehead atoms. The number of nitrogens with zero attached hydrogens (tertiary/aromatic N) is 3. The van der Waals surface area contributed by atoms with Crippen LogP contribution in [0.15, 0.2) is 22.7 Å². The van der Waals surface area contributed by atoms with E-state index in [1.807, 2.05) is 0 Å². The number of nitrogens with two attached hydrogens (primary N) is 1. The average molecular weight is 328 g/mol. The summed E-state index contributed by atoms with van der Waals surface area (Å²) in [5, 5.41) is 2.73. The van der Waals surface area contributed by atoms with Crippen LogP contribution in [0.5, 0.6) is 6.01 Å². The van der Waals surface area contributed by atoms with Crippen molar-refractivity contribution in [2.75, 3.05) is 17.7 Å². The molecule has 0 atom stereocenters. The van der Waals surface area contributed by atoms with Gasteiger partial charge in [0.2, 0.25) is 11.9 Å². The quantitative estimate of drug-likeness (QED) is 0.897. The van der Waals surface area contributed by atoms with Gasteiger partial charge in [0.1, 0.15) is 5.82 Å². The molecule has 0 fully saturated rings. The number of ether oxygens (including phenoxy) is 1. The third kappa shape index (κ3) is 3.50. The fourth-order valence-corrected chi connectivity index (χ4v) is 1.70. The Kier molecular flexibility index (Phi) is 4.10. The van der Waals surface area contributed by atoms with Gasteiger partial charge in [-0.1, -0.05) is 15.9 Å². The third-order valence-corrected chi connectivity index (χ3v) is 2.57. The van der Waals surface area contributed by atoms with Gasteiger partial charge in [-0.15, -0.1) is 0 Å². The number of aromatic nitrogens is 3. The van der Waals surface area contributed by atoms with Crippen LogP contribution in [0, 0.1) is 5.82 Å². The predicted octanol–water partition coefficient (Wildman–Crippen LogP) is 2.50. The number of benzene rings is 1. The van der Waals surface area contributed by atoms with Crippen LogP contribution in [0.1, 0.15) is 6.92 Å². The van der Waals surface area contributed by atoms with Crippen molar-refractivity contribution >= 4 is 33.5 Å². The Bertz CT molecular complexity index is 595. The minimum Gasteiger partial charge on any atom is -0.464 e. The van der Waals surface area contributed by atoms with Gasteiger partial charge in [0, 0.05) is 4.47 Å². The van der Waals surface area contributed by atoms with E-state index in [4.69, 9.17) is 10.5 Å². The van der Waals surface area contributed by atoms with Crippen molar-refractivity contribution < 1.29 is 9.13 Å². The molecule has 1 aromatic heterocycles. The Balaban J connectivity index is 2.29.